The van der Waals surface area contributed by atoms with Gasteiger partial charge in [-0.15, -0.1) is 0 Å². The van der Waals surface area contributed by atoms with E-state index < -0.39 is 16.4 Å². The van der Waals surface area contributed by atoms with E-state index in [1.54, 1.807) is 0 Å². The fourth-order valence-corrected chi connectivity index (χ4v) is 22.8. The molecule has 0 saturated carbocycles. The molecule has 0 atom stereocenters. The monoisotopic (exact) mass is 538 g/mol. The van der Waals surface area contributed by atoms with Crippen molar-refractivity contribution in [2.45, 2.75) is 13.3 Å². The van der Waals surface area contributed by atoms with Crippen LogP contribution in [-0.4, -0.2) is 16.4 Å². The van der Waals surface area contributed by atoms with E-state index in [0.29, 0.717) is 0 Å². The average Bonchev–Trinajstić information content (AvgIpc) is 2.63. The minimum absolute atomic E-state index is 0.917. The van der Waals surface area contributed by atoms with Crippen LogP contribution in [-0.2, 0) is 6.42 Å². The van der Waals surface area contributed by atoms with Crippen molar-refractivity contribution < 1.29 is 0 Å². The van der Waals surface area contributed by atoms with Gasteiger partial charge in [0.1, 0.15) is 0 Å². The predicted octanol–water partition coefficient (Wildman–Crippen LogP) is 4.14. The van der Waals surface area contributed by atoms with Crippen LogP contribution in [0.15, 0.2) is 84.9 Å². The Balaban J connectivity index is 2.41. The molecule has 0 unspecified atom stereocenters. The maximum atomic E-state index is 7.53. The number of benzene rings is 3. The Hall–Kier alpha value is -0.877. The molecular weight excluding hydrogens is 520 g/mol. The third-order valence-corrected chi connectivity index (χ3v) is 28.6. The van der Waals surface area contributed by atoms with E-state index in [1.165, 1.54) is 5.56 Å². The molecule has 0 radical (unpaired) electrons. The SMILES string of the molecule is CCc1cccc[c]1[Bi]([Cl])([Cl])([c]1ccccc1)[c]1ccccc1. The van der Waals surface area contributed by atoms with E-state index in [2.05, 4.69) is 49.4 Å². The second kappa shape index (κ2) is 6.56. The zero-order valence-electron chi connectivity index (χ0n) is 13.0. The van der Waals surface area contributed by atoms with Crippen molar-refractivity contribution in [3.63, 3.8) is 0 Å². The number of rotatable bonds is 4. The number of halogens is 2. The van der Waals surface area contributed by atoms with Crippen molar-refractivity contribution in [3.05, 3.63) is 90.5 Å². The quantitative estimate of drug-likeness (QED) is 0.438. The third kappa shape index (κ3) is 2.84. The van der Waals surface area contributed by atoms with Crippen molar-refractivity contribution >= 4 is 43.2 Å². The van der Waals surface area contributed by atoms with Gasteiger partial charge in [-0.05, 0) is 0 Å². The van der Waals surface area contributed by atoms with Crippen molar-refractivity contribution in [2.24, 2.45) is 0 Å². The van der Waals surface area contributed by atoms with Crippen molar-refractivity contribution in [2.75, 3.05) is 0 Å². The molecule has 3 aromatic carbocycles. The Kier molecular flexibility index (Phi) is 4.83. The first-order chi connectivity index (χ1) is 11.1. The average molecular weight is 539 g/mol. The molecule has 0 aromatic heterocycles. The zero-order valence-corrected chi connectivity index (χ0v) is 18.0. The molecule has 3 aromatic rings. The van der Waals surface area contributed by atoms with Gasteiger partial charge in [0, 0.05) is 0 Å². The van der Waals surface area contributed by atoms with Gasteiger partial charge in [-0.1, -0.05) is 0 Å². The summed E-state index contributed by atoms with van der Waals surface area (Å²) < 4.78 is 3.25. The summed E-state index contributed by atoms with van der Waals surface area (Å²) in [6.45, 7) is 2.15. The second-order valence-corrected chi connectivity index (χ2v) is 31.9. The van der Waals surface area contributed by atoms with Crippen LogP contribution in [0.3, 0.4) is 0 Å². The topological polar surface area (TPSA) is 0 Å². The van der Waals surface area contributed by atoms with Gasteiger partial charge in [0.2, 0.25) is 0 Å². The normalized spacial score (nSPS) is 13.3. The molecule has 0 N–H and O–H groups in total. The number of hydrogen-bond acceptors (Lipinski definition) is 0. The molecular formula is C20H19BiCl2. The van der Waals surface area contributed by atoms with Crippen molar-refractivity contribution in [1.29, 1.82) is 0 Å². The van der Waals surface area contributed by atoms with Crippen LogP contribution in [0.25, 0.3) is 0 Å². The van der Waals surface area contributed by atoms with E-state index in [9.17, 15) is 0 Å². The number of aryl methyl sites for hydroxylation is 1. The Bertz CT molecular complexity index is 755. The Morgan fingerprint density at radius 3 is 1.57 bits per heavy atom. The van der Waals surface area contributed by atoms with Gasteiger partial charge in [-0.25, -0.2) is 0 Å². The van der Waals surface area contributed by atoms with Gasteiger partial charge >= 0.3 is 147 Å². The summed E-state index contributed by atoms with van der Waals surface area (Å²) in [4.78, 5) is 0. The Morgan fingerprint density at radius 2 is 1.09 bits per heavy atom. The van der Waals surface area contributed by atoms with E-state index >= 15 is 0 Å². The molecule has 0 bridgehead atoms. The van der Waals surface area contributed by atoms with Crippen LogP contribution in [0.4, 0.5) is 0 Å². The summed E-state index contributed by atoms with van der Waals surface area (Å²) in [6.07, 6.45) is 0.917. The van der Waals surface area contributed by atoms with Crippen LogP contribution in [0.2, 0.25) is 0 Å². The summed E-state index contributed by atoms with van der Waals surface area (Å²) in [7, 11) is 15.1. The Labute approximate surface area is 146 Å². The molecule has 23 heavy (non-hydrogen) atoms. The molecule has 0 amide bonds. The summed E-state index contributed by atoms with van der Waals surface area (Å²) in [5.74, 6) is 0. The third-order valence-electron chi connectivity index (χ3n) is 4.21. The van der Waals surface area contributed by atoms with Crippen LogP contribution < -0.4 is 9.81 Å². The second-order valence-electron chi connectivity index (χ2n) is 5.56. The van der Waals surface area contributed by atoms with Gasteiger partial charge in [-0.3, -0.25) is 0 Å². The molecule has 3 heteroatoms. The van der Waals surface area contributed by atoms with Crippen molar-refractivity contribution in [3.8, 4) is 0 Å². The summed E-state index contributed by atoms with van der Waals surface area (Å²) >= 11 is -4.67. The van der Waals surface area contributed by atoms with E-state index in [0.717, 1.165) is 16.2 Å². The molecule has 0 aliphatic heterocycles. The van der Waals surface area contributed by atoms with Gasteiger partial charge in [0.25, 0.3) is 0 Å². The van der Waals surface area contributed by atoms with Gasteiger partial charge in [-0.2, -0.15) is 0 Å². The molecule has 3 rings (SSSR count). The van der Waals surface area contributed by atoms with Crippen LogP contribution >= 0.6 is 17.0 Å². The van der Waals surface area contributed by atoms with Gasteiger partial charge in [0.15, 0.2) is 0 Å². The molecule has 118 valence electrons. The van der Waals surface area contributed by atoms with Crippen LogP contribution in [0.5, 0.6) is 0 Å². The van der Waals surface area contributed by atoms with E-state index in [4.69, 9.17) is 17.0 Å². The fourth-order valence-electron chi connectivity index (χ4n) is 3.00. The van der Waals surface area contributed by atoms with E-state index in [1.807, 2.05) is 42.5 Å². The zero-order chi connectivity index (χ0) is 16.4. The van der Waals surface area contributed by atoms with Crippen LogP contribution in [0.1, 0.15) is 12.5 Å². The van der Waals surface area contributed by atoms with Crippen molar-refractivity contribution in [1.82, 2.24) is 0 Å². The minimum atomic E-state index is -4.67. The first-order valence-corrected chi connectivity index (χ1v) is 21.5. The number of hydrogen-bond donors (Lipinski definition) is 0. The Morgan fingerprint density at radius 1 is 0.652 bits per heavy atom. The van der Waals surface area contributed by atoms with Gasteiger partial charge in [0.05, 0.1) is 0 Å². The molecule has 0 aliphatic carbocycles. The molecule has 0 saturated heterocycles. The van der Waals surface area contributed by atoms with E-state index in [-0.39, 0.29) is 0 Å². The molecule has 0 aliphatic rings. The predicted molar refractivity (Wildman–Crippen MR) is 105 cm³/mol. The maximum absolute atomic E-state index is 7.53. The molecule has 0 fully saturated rings. The van der Waals surface area contributed by atoms with Crippen LogP contribution in [0, 0.1) is 0 Å². The summed E-state index contributed by atoms with van der Waals surface area (Å²) in [5, 5.41) is 0. The summed E-state index contributed by atoms with van der Waals surface area (Å²) in [6, 6.07) is 28.7. The van der Waals surface area contributed by atoms with Gasteiger partial charge < -0.3 is 0 Å². The molecule has 0 heterocycles. The molecule has 0 spiro atoms. The first-order valence-electron chi connectivity index (χ1n) is 7.72. The first kappa shape index (κ1) is 17.0. The fraction of sp³-hybridized carbons (Fsp3) is 0.100. The molecule has 0 nitrogen and oxygen atoms in total. The standard InChI is InChI=1S/C8H9.2C6H5.Bi.2ClH/c1-2-8-6-4-3-5-7-8;2*1-2-4-6-5-3-1;;;/h3-6H,2H2,1H3;2*1-5H;;2*1H/q;;;+2;;/p-2. The summed E-state index contributed by atoms with van der Waals surface area (Å²) in [5.41, 5.74) is 1.23.